The highest BCUT2D eigenvalue weighted by Crippen LogP contribution is 2.45. The summed E-state index contributed by atoms with van der Waals surface area (Å²) in [6.07, 6.45) is 0. The van der Waals surface area contributed by atoms with Crippen molar-refractivity contribution in [2.75, 3.05) is 6.79 Å². The Morgan fingerprint density at radius 2 is 1.52 bits per heavy atom. The molecule has 132 valence electrons. The number of aromatic amines is 1. The van der Waals surface area contributed by atoms with Gasteiger partial charge in [-0.25, -0.2) is 4.98 Å². The average Bonchev–Trinajstić information content (AvgIpc) is 3.37. The van der Waals surface area contributed by atoms with Crippen LogP contribution in [0, 0.1) is 0 Å². The van der Waals surface area contributed by atoms with E-state index in [0.717, 1.165) is 44.1 Å². The summed E-state index contributed by atoms with van der Waals surface area (Å²) < 4.78 is 11.9. The minimum absolute atomic E-state index is 0.236. The number of imidazole rings is 1. The lowest BCUT2D eigenvalue weighted by Gasteiger charge is -2.04. The van der Waals surface area contributed by atoms with Gasteiger partial charge < -0.3 is 14.5 Å². The zero-order valence-electron chi connectivity index (χ0n) is 14.3. The summed E-state index contributed by atoms with van der Waals surface area (Å²) in [7, 11) is 0. The van der Waals surface area contributed by atoms with E-state index in [1.807, 2.05) is 48.5 Å². The average molecular weight is 419 g/mol. The number of halogens is 1. The van der Waals surface area contributed by atoms with Gasteiger partial charge in [-0.15, -0.1) is 0 Å². The fourth-order valence-electron chi connectivity index (χ4n) is 3.24. The fourth-order valence-corrected chi connectivity index (χ4v) is 3.87. The van der Waals surface area contributed by atoms with Crippen molar-refractivity contribution in [3.05, 3.63) is 77.3 Å². The van der Waals surface area contributed by atoms with Crippen LogP contribution in [0.4, 0.5) is 0 Å². The number of nitrogens with zero attached hydrogens (tertiary/aromatic N) is 1. The van der Waals surface area contributed by atoms with Gasteiger partial charge in [0.15, 0.2) is 11.5 Å². The van der Waals surface area contributed by atoms with E-state index in [1.165, 1.54) is 0 Å². The minimum atomic E-state index is 0.236. The van der Waals surface area contributed by atoms with Crippen LogP contribution in [-0.4, -0.2) is 16.8 Å². The van der Waals surface area contributed by atoms with Crippen LogP contribution in [0.1, 0.15) is 0 Å². The molecule has 5 heteroatoms. The first-order chi connectivity index (χ1) is 13.3. The van der Waals surface area contributed by atoms with Crippen LogP contribution in [-0.2, 0) is 0 Å². The van der Waals surface area contributed by atoms with Crippen LogP contribution < -0.4 is 9.47 Å². The molecule has 0 aliphatic carbocycles. The predicted octanol–water partition coefficient (Wildman–Crippen LogP) is 5.90. The second kappa shape index (κ2) is 6.59. The summed E-state index contributed by atoms with van der Waals surface area (Å²) in [5, 5.41) is 0. The van der Waals surface area contributed by atoms with E-state index in [-0.39, 0.29) is 6.79 Å². The molecular formula is C22H15BrN2O2. The summed E-state index contributed by atoms with van der Waals surface area (Å²) in [6.45, 7) is 0.236. The number of ether oxygens (including phenoxy) is 2. The Hall–Kier alpha value is -3.05. The van der Waals surface area contributed by atoms with Gasteiger partial charge in [0.2, 0.25) is 6.79 Å². The van der Waals surface area contributed by atoms with Crippen molar-refractivity contribution in [1.29, 1.82) is 0 Å². The lowest BCUT2D eigenvalue weighted by molar-refractivity contribution is 0.173. The first-order valence-electron chi connectivity index (χ1n) is 8.60. The van der Waals surface area contributed by atoms with Gasteiger partial charge >= 0.3 is 0 Å². The summed E-state index contributed by atoms with van der Waals surface area (Å²) in [5.41, 5.74) is 4.99. The minimum Gasteiger partial charge on any atom is -0.454 e. The van der Waals surface area contributed by atoms with E-state index in [9.17, 15) is 0 Å². The molecule has 1 aliphatic rings. The Morgan fingerprint density at radius 1 is 0.815 bits per heavy atom. The summed E-state index contributed by atoms with van der Waals surface area (Å²) in [6, 6.07) is 24.3. The van der Waals surface area contributed by atoms with Gasteiger partial charge in [0.1, 0.15) is 5.82 Å². The van der Waals surface area contributed by atoms with Crippen molar-refractivity contribution in [2.24, 2.45) is 0 Å². The Morgan fingerprint density at radius 3 is 2.26 bits per heavy atom. The topological polar surface area (TPSA) is 47.1 Å². The van der Waals surface area contributed by atoms with Crippen molar-refractivity contribution in [2.45, 2.75) is 0 Å². The van der Waals surface area contributed by atoms with Crippen molar-refractivity contribution in [3.63, 3.8) is 0 Å². The first-order valence-corrected chi connectivity index (χ1v) is 9.40. The molecule has 1 aromatic heterocycles. The summed E-state index contributed by atoms with van der Waals surface area (Å²) in [4.78, 5) is 8.44. The van der Waals surface area contributed by atoms with Crippen LogP contribution in [0.3, 0.4) is 0 Å². The molecule has 0 spiro atoms. The molecule has 3 aromatic carbocycles. The van der Waals surface area contributed by atoms with Crippen LogP contribution in [0.25, 0.3) is 33.9 Å². The van der Waals surface area contributed by atoms with Crippen LogP contribution in [0.5, 0.6) is 11.5 Å². The molecule has 5 rings (SSSR count). The largest absolute Gasteiger partial charge is 0.454 e. The summed E-state index contributed by atoms with van der Waals surface area (Å²) in [5.74, 6) is 2.23. The van der Waals surface area contributed by atoms with Crippen molar-refractivity contribution >= 4 is 15.9 Å². The van der Waals surface area contributed by atoms with E-state index in [2.05, 4.69) is 45.2 Å². The zero-order valence-corrected chi connectivity index (χ0v) is 15.9. The molecule has 0 amide bonds. The van der Waals surface area contributed by atoms with Crippen molar-refractivity contribution in [1.82, 2.24) is 9.97 Å². The van der Waals surface area contributed by atoms with Gasteiger partial charge in [-0.05, 0) is 28.1 Å². The van der Waals surface area contributed by atoms with Crippen LogP contribution in [0.15, 0.2) is 77.3 Å². The summed E-state index contributed by atoms with van der Waals surface area (Å²) >= 11 is 3.65. The van der Waals surface area contributed by atoms with E-state index >= 15 is 0 Å². The lowest BCUT2D eigenvalue weighted by Crippen LogP contribution is -1.93. The van der Waals surface area contributed by atoms with Crippen LogP contribution in [0.2, 0.25) is 0 Å². The van der Waals surface area contributed by atoms with Gasteiger partial charge in [-0.2, -0.15) is 0 Å². The number of fused-ring (bicyclic) bond motifs is 1. The van der Waals surface area contributed by atoms with Gasteiger partial charge in [-0.3, -0.25) is 0 Å². The van der Waals surface area contributed by atoms with E-state index in [0.29, 0.717) is 5.75 Å². The molecule has 4 nitrogen and oxygen atoms in total. The maximum atomic E-state index is 5.59. The standard InChI is InChI=1S/C22H15BrN2O2/c23-18-16(11-12-17-21(18)27-13-26-17)22-24-19(14-7-3-1-4-8-14)20(25-22)15-9-5-2-6-10-15/h1-12H,13H2,(H,24,25). The van der Waals surface area contributed by atoms with E-state index < -0.39 is 0 Å². The molecule has 27 heavy (non-hydrogen) atoms. The maximum absolute atomic E-state index is 5.59. The smallest absolute Gasteiger partial charge is 0.231 e. The van der Waals surface area contributed by atoms with Gasteiger partial charge in [0, 0.05) is 16.7 Å². The molecule has 0 saturated heterocycles. The molecule has 0 fully saturated rings. The molecule has 0 unspecified atom stereocenters. The highest BCUT2D eigenvalue weighted by molar-refractivity contribution is 9.10. The number of benzene rings is 3. The van der Waals surface area contributed by atoms with Gasteiger partial charge in [0.25, 0.3) is 0 Å². The zero-order chi connectivity index (χ0) is 18.2. The molecule has 1 N–H and O–H groups in total. The van der Waals surface area contributed by atoms with Crippen LogP contribution >= 0.6 is 15.9 Å². The molecule has 0 atom stereocenters. The lowest BCUT2D eigenvalue weighted by atomic mass is 10.1. The third-order valence-electron chi connectivity index (χ3n) is 4.55. The third kappa shape index (κ3) is 2.80. The number of hydrogen-bond acceptors (Lipinski definition) is 3. The van der Waals surface area contributed by atoms with Crippen molar-refractivity contribution in [3.8, 4) is 45.4 Å². The highest BCUT2D eigenvalue weighted by atomic mass is 79.9. The molecular weight excluding hydrogens is 404 g/mol. The molecule has 2 heterocycles. The SMILES string of the molecule is Brc1c(-c2nc(-c3ccccc3)c(-c3ccccc3)[nH]2)ccc2c1OCO2. The number of H-pyrrole nitrogens is 1. The fraction of sp³-hybridized carbons (Fsp3) is 0.0455. The van der Waals surface area contributed by atoms with E-state index in [4.69, 9.17) is 14.5 Å². The van der Waals surface area contributed by atoms with E-state index in [1.54, 1.807) is 0 Å². The Bertz CT molecular complexity index is 1050. The monoisotopic (exact) mass is 418 g/mol. The number of aromatic nitrogens is 2. The first kappa shape index (κ1) is 16.1. The predicted molar refractivity (Wildman–Crippen MR) is 109 cm³/mol. The quantitative estimate of drug-likeness (QED) is 0.450. The second-order valence-corrected chi connectivity index (χ2v) is 6.99. The Kier molecular flexibility index (Phi) is 3.94. The van der Waals surface area contributed by atoms with Gasteiger partial charge in [0.05, 0.1) is 15.9 Å². The molecule has 1 aliphatic heterocycles. The Labute approximate surface area is 164 Å². The maximum Gasteiger partial charge on any atom is 0.231 e. The molecule has 0 radical (unpaired) electrons. The highest BCUT2D eigenvalue weighted by Gasteiger charge is 2.23. The second-order valence-electron chi connectivity index (χ2n) is 6.20. The number of nitrogens with one attached hydrogen (secondary N) is 1. The molecule has 4 aromatic rings. The third-order valence-corrected chi connectivity index (χ3v) is 5.33. The number of hydrogen-bond donors (Lipinski definition) is 1. The molecule has 0 bridgehead atoms. The van der Waals surface area contributed by atoms with Gasteiger partial charge in [-0.1, -0.05) is 60.7 Å². The normalized spacial score (nSPS) is 12.3. The number of rotatable bonds is 3. The molecule has 0 saturated carbocycles. The Balaban J connectivity index is 1.71. The van der Waals surface area contributed by atoms with Crippen molar-refractivity contribution < 1.29 is 9.47 Å².